The van der Waals surface area contributed by atoms with Gasteiger partial charge in [0, 0.05) is 7.05 Å². The molecule has 0 unspecified atom stereocenters. The van der Waals surface area contributed by atoms with Crippen LogP contribution in [0.5, 0.6) is 0 Å². The van der Waals surface area contributed by atoms with Crippen molar-refractivity contribution in [2.45, 2.75) is 0 Å². The fourth-order valence-electron chi connectivity index (χ4n) is 0.489. The Hall–Kier alpha value is -0.770. The van der Waals surface area contributed by atoms with E-state index in [1.807, 2.05) is 0 Å². The van der Waals surface area contributed by atoms with Crippen molar-refractivity contribution < 1.29 is 9.53 Å². The molecule has 2 amide bonds. The van der Waals surface area contributed by atoms with E-state index in [0.717, 1.165) is 0 Å². The Balaban J connectivity index is 2.39. The van der Waals surface area contributed by atoms with Gasteiger partial charge < -0.3 is 15.0 Å². The van der Waals surface area contributed by atoms with Crippen LogP contribution in [-0.2, 0) is 4.74 Å². The molecule has 1 saturated heterocycles. The van der Waals surface area contributed by atoms with Crippen LogP contribution in [0, 0.1) is 0 Å². The molecule has 4 heteroatoms. The highest BCUT2D eigenvalue weighted by Gasteiger charge is 2.11. The highest BCUT2D eigenvalue weighted by atomic mass is 16.5. The molecular formula is C4H8N2O2. The molecule has 46 valence electrons. The molecule has 1 N–H and O–H groups in total. The van der Waals surface area contributed by atoms with Gasteiger partial charge in [0.25, 0.3) is 0 Å². The highest BCUT2D eigenvalue weighted by Crippen LogP contribution is 1.89. The number of nitrogens with one attached hydrogen (secondary N) is 1. The van der Waals surface area contributed by atoms with E-state index in [1.165, 1.54) is 4.90 Å². The molecule has 1 aliphatic heterocycles. The van der Waals surface area contributed by atoms with Crippen LogP contribution in [0.3, 0.4) is 0 Å². The number of rotatable bonds is 0. The van der Waals surface area contributed by atoms with Gasteiger partial charge in [-0.05, 0) is 0 Å². The molecule has 0 bridgehead atoms. The molecule has 1 fully saturated rings. The van der Waals surface area contributed by atoms with Crippen LogP contribution < -0.4 is 5.32 Å². The quantitative estimate of drug-likeness (QED) is 0.466. The molecule has 0 aromatic carbocycles. The van der Waals surface area contributed by atoms with Gasteiger partial charge in [-0.15, -0.1) is 0 Å². The number of urea groups is 1. The second-order valence-corrected chi connectivity index (χ2v) is 1.66. The molecule has 0 saturated carbocycles. The average molecular weight is 116 g/mol. The summed E-state index contributed by atoms with van der Waals surface area (Å²) >= 11 is 0. The second-order valence-electron chi connectivity index (χ2n) is 1.66. The molecular weight excluding hydrogens is 108 g/mol. The summed E-state index contributed by atoms with van der Waals surface area (Å²) in [7, 11) is 1.68. The Kier molecular flexibility index (Phi) is 1.34. The molecule has 0 aliphatic carbocycles. The molecule has 8 heavy (non-hydrogen) atoms. The minimum Gasteiger partial charge on any atom is -0.341 e. The first-order valence-corrected chi connectivity index (χ1v) is 2.37. The van der Waals surface area contributed by atoms with Crippen molar-refractivity contribution in [1.82, 2.24) is 10.2 Å². The van der Waals surface area contributed by atoms with Gasteiger partial charge >= 0.3 is 6.03 Å². The van der Waals surface area contributed by atoms with Gasteiger partial charge in [0.1, 0.15) is 13.5 Å². The van der Waals surface area contributed by atoms with E-state index in [1.54, 1.807) is 7.05 Å². The number of hydrogen-bond acceptors (Lipinski definition) is 2. The number of carbonyl (C=O) groups excluding carboxylic acids is 1. The molecule has 4 nitrogen and oxygen atoms in total. The van der Waals surface area contributed by atoms with Crippen LogP contribution in [0.15, 0.2) is 0 Å². The minimum absolute atomic E-state index is 0.0729. The summed E-state index contributed by atoms with van der Waals surface area (Å²) in [4.78, 5) is 12.0. The summed E-state index contributed by atoms with van der Waals surface area (Å²) in [5.74, 6) is 0. The Morgan fingerprint density at radius 2 is 2.62 bits per heavy atom. The van der Waals surface area contributed by atoms with Crippen molar-refractivity contribution in [3.05, 3.63) is 0 Å². The second kappa shape index (κ2) is 2.00. The van der Waals surface area contributed by atoms with Crippen molar-refractivity contribution in [2.75, 3.05) is 20.5 Å². The normalized spacial score (nSPS) is 20.6. The van der Waals surface area contributed by atoms with Crippen LogP contribution in [0.4, 0.5) is 4.79 Å². The van der Waals surface area contributed by atoms with Gasteiger partial charge in [-0.3, -0.25) is 0 Å². The fourth-order valence-corrected chi connectivity index (χ4v) is 0.489. The van der Waals surface area contributed by atoms with E-state index < -0.39 is 0 Å². The SMILES string of the molecule is CN1COCNC1=O. The third-order valence-corrected chi connectivity index (χ3v) is 0.957. The molecule has 1 rings (SSSR count). The molecule has 1 aliphatic rings. The Morgan fingerprint density at radius 3 is 3.00 bits per heavy atom. The topological polar surface area (TPSA) is 41.6 Å². The third kappa shape index (κ3) is 0.894. The van der Waals surface area contributed by atoms with E-state index in [4.69, 9.17) is 4.74 Å². The lowest BCUT2D eigenvalue weighted by Gasteiger charge is -2.22. The van der Waals surface area contributed by atoms with E-state index in [2.05, 4.69) is 5.32 Å². The minimum atomic E-state index is -0.0729. The maximum absolute atomic E-state index is 10.5. The molecule has 0 spiro atoms. The van der Waals surface area contributed by atoms with Gasteiger partial charge in [0.05, 0.1) is 0 Å². The molecule has 0 aromatic rings. The summed E-state index contributed by atoms with van der Waals surface area (Å²) in [6.07, 6.45) is 0. The van der Waals surface area contributed by atoms with Crippen molar-refractivity contribution in [2.24, 2.45) is 0 Å². The smallest absolute Gasteiger partial charge is 0.320 e. The lowest BCUT2D eigenvalue weighted by Crippen LogP contribution is -2.45. The predicted molar refractivity (Wildman–Crippen MR) is 27.1 cm³/mol. The summed E-state index contributed by atoms with van der Waals surface area (Å²) in [5, 5.41) is 2.50. The Morgan fingerprint density at radius 1 is 1.88 bits per heavy atom. The zero-order valence-corrected chi connectivity index (χ0v) is 4.68. The van der Waals surface area contributed by atoms with Gasteiger partial charge in [0.2, 0.25) is 0 Å². The zero-order chi connectivity index (χ0) is 5.98. The van der Waals surface area contributed by atoms with Crippen LogP contribution in [0.2, 0.25) is 0 Å². The van der Waals surface area contributed by atoms with Crippen LogP contribution >= 0.6 is 0 Å². The largest absolute Gasteiger partial charge is 0.341 e. The fraction of sp³-hybridized carbons (Fsp3) is 0.750. The Bertz CT molecular complexity index is 104. The summed E-state index contributed by atoms with van der Waals surface area (Å²) < 4.78 is 4.85. The first kappa shape index (κ1) is 5.37. The van der Waals surface area contributed by atoms with Gasteiger partial charge in [-0.1, -0.05) is 0 Å². The molecule has 0 aromatic heterocycles. The first-order valence-electron chi connectivity index (χ1n) is 2.37. The number of nitrogens with zero attached hydrogens (tertiary/aromatic N) is 1. The highest BCUT2D eigenvalue weighted by molar-refractivity contribution is 5.73. The maximum atomic E-state index is 10.5. The number of ether oxygens (including phenoxy) is 1. The van der Waals surface area contributed by atoms with E-state index >= 15 is 0 Å². The van der Waals surface area contributed by atoms with Crippen molar-refractivity contribution in [3.63, 3.8) is 0 Å². The van der Waals surface area contributed by atoms with Gasteiger partial charge in [-0.25, -0.2) is 4.79 Å². The predicted octanol–water partition coefficient (Wildman–Crippen LogP) is -0.427. The monoisotopic (exact) mass is 116 g/mol. The standard InChI is InChI=1S/C4H8N2O2/c1-6-3-8-2-5-4(6)7/h2-3H2,1H3,(H,5,7). The lowest BCUT2D eigenvalue weighted by molar-refractivity contribution is 0.0206. The van der Waals surface area contributed by atoms with Crippen molar-refractivity contribution >= 4 is 6.03 Å². The maximum Gasteiger partial charge on any atom is 0.320 e. The van der Waals surface area contributed by atoms with Gasteiger partial charge in [0.15, 0.2) is 0 Å². The Labute approximate surface area is 47.4 Å². The van der Waals surface area contributed by atoms with Crippen molar-refractivity contribution in [3.8, 4) is 0 Å². The third-order valence-electron chi connectivity index (χ3n) is 0.957. The zero-order valence-electron chi connectivity index (χ0n) is 4.68. The molecule has 0 radical (unpaired) electrons. The van der Waals surface area contributed by atoms with Gasteiger partial charge in [-0.2, -0.15) is 0 Å². The van der Waals surface area contributed by atoms with Crippen LogP contribution in [0.1, 0.15) is 0 Å². The van der Waals surface area contributed by atoms with Crippen LogP contribution in [-0.4, -0.2) is 31.4 Å². The lowest BCUT2D eigenvalue weighted by atomic mass is 10.7. The first-order chi connectivity index (χ1) is 3.80. The van der Waals surface area contributed by atoms with Crippen LogP contribution in [0.25, 0.3) is 0 Å². The van der Waals surface area contributed by atoms with E-state index in [-0.39, 0.29) is 6.03 Å². The summed E-state index contributed by atoms with van der Waals surface area (Å²) in [5.41, 5.74) is 0. The van der Waals surface area contributed by atoms with E-state index in [9.17, 15) is 4.79 Å². The average Bonchev–Trinajstić information content (AvgIpc) is 1.77. The summed E-state index contributed by atoms with van der Waals surface area (Å²) in [6, 6.07) is -0.0729. The molecule has 0 atom stereocenters. The van der Waals surface area contributed by atoms with E-state index in [0.29, 0.717) is 13.5 Å². The number of carbonyl (C=O) groups is 1. The number of hydrogen-bond donors (Lipinski definition) is 1. The number of amides is 2. The van der Waals surface area contributed by atoms with Crippen molar-refractivity contribution in [1.29, 1.82) is 0 Å². The molecule has 1 heterocycles. The summed E-state index contributed by atoms with van der Waals surface area (Å²) in [6.45, 7) is 0.731.